The molecule has 106 valence electrons. The predicted octanol–water partition coefficient (Wildman–Crippen LogP) is 3.68. The van der Waals surface area contributed by atoms with Gasteiger partial charge in [-0.1, -0.05) is 25.1 Å². The molecule has 1 saturated carbocycles. The second-order valence-corrected chi connectivity index (χ2v) is 5.83. The summed E-state index contributed by atoms with van der Waals surface area (Å²) in [5.41, 5.74) is 1.34. The van der Waals surface area contributed by atoms with Crippen molar-refractivity contribution in [2.75, 3.05) is 24.5 Å². The van der Waals surface area contributed by atoms with Gasteiger partial charge >= 0.3 is 0 Å². The Labute approximate surface area is 118 Å². The zero-order valence-corrected chi connectivity index (χ0v) is 12.4. The van der Waals surface area contributed by atoms with E-state index in [1.54, 1.807) is 0 Å². The van der Waals surface area contributed by atoms with Crippen LogP contribution in [0, 0.1) is 5.92 Å². The third-order valence-electron chi connectivity index (χ3n) is 4.33. The van der Waals surface area contributed by atoms with Crippen LogP contribution in [-0.2, 0) is 0 Å². The summed E-state index contributed by atoms with van der Waals surface area (Å²) in [6.07, 6.45) is 5.51. The third-order valence-corrected chi connectivity index (χ3v) is 4.33. The highest BCUT2D eigenvalue weighted by atomic mass is 15.1. The molecule has 0 spiro atoms. The van der Waals surface area contributed by atoms with E-state index in [4.69, 9.17) is 0 Å². The van der Waals surface area contributed by atoms with Gasteiger partial charge in [0.1, 0.15) is 0 Å². The molecule has 1 fully saturated rings. The highest BCUT2D eigenvalue weighted by molar-refractivity contribution is 5.45. The van der Waals surface area contributed by atoms with Crippen molar-refractivity contribution in [3.05, 3.63) is 30.3 Å². The normalized spacial score (nSPS) is 23.3. The van der Waals surface area contributed by atoms with Gasteiger partial charge in [0.15, 0.2) is 0 Å². The standard InChI is InChI=1S/C17H28N2/c1-3-19(17-7-5-4-6-8-17)14-13-18-16-11-9-15(2)10-12-16/h4-8,15-16,18H,3,9-14H2,1-2H3. The first-order chi connectivity index (χ1) is 9.29. The second kappa shape index (κ2) is 7.54. The summed E-state index contributed by atoms with van der Waals surface area (Å²) in [7, 11) is 0. The fourth-order valence-electron chi connectivity index (χ4n) is 2.98. The summed E-state index contributed by atoms with van der Waals surface area (Å²) < 4.78 is 0. The first-order valence-electron chi connectivity index (χ1n) is 7.83. The first-order valence-corrected chi connectivity index (χ1v) is 7.83. The Balaban J connectivity index is 1.72. The second-order valence-electron chi connectivity index (χ2n) is 5.83. The molecule has 1 aliphatic rings. The van der Waals surface area contributed by atoms with E-state index in [-0.39, 0.29) is 0 Å². The highest BCUT2D eigenvalue weighted by Crippen LogP contribution is 2.23. The summed E-state index contributed by atoms with van der Waals surface area (Å²) in [6, 6.07) is 11.5. The van der Waals surface area contributed by atoms with Crippen molar-refractivity contribution in [1.82, 2.24) is 5.32 Å². The summed E-state index contributed by atoms with van der Waals surface area (Å²) in [6.45, 7) is 7.89. The Hall–Kier alpha value is -1.02. The predicted molar refractivity (Wildman–Crippen MR) is 83.8 cm³/mol. The number of hydrogen-bond donors (Lipinski definition) is 1. The number of rotatable bonds is 6. The Kier molecular flexibility index (Phi) is 5.71. The molecule has 0 unspecified atom stereocenters. The molecular weight excluding hydrogens is 232 g/mol. The number of hydrogen-bond acceptors (Lipinski definition) is 2. The van der Waals surface area contributed by atoms with E-state index in [1.807, 2.05) is 0 Å². The summed E-state index contributed by atoms with van der Waals surface area (Å²) >= 11 is 0. The molecule has 1 aromatic carbocycles. The van der Waals surface area contributed by atoms with Crippen molar-refractivity contribution >= 4 is 5.69 Å². The maximum atomic E-state index is 3.74. The molecule has 0 aromatic heterocycles. The Morgan fingerprint density at radius 1 is 1.11 bits per heavy atom. The molecule has 1 N–H and O–H groups in total. The highest BCUT2D eigenvalue weighted by Gasteiger charge is 2.17. The Morgan fingerprint density at radius 2 is 1.79 bits per heavy atom. The minimum absolute atomic E-state index is 0.755. The molecule has 0 bridgehead atoms. The smallest absolute Gasteiger partial charge is 0.0366 e. The Morgan fingerprint density at radius 3 is 2.42 bits per heavy atom. The van der Waals surface area contributed by atoms with Crippen LogP contribution in [0.3, 0.4) is 0 Å². The molecule has 1 aromatic rings. The van der Waals surface area contributed by atoms with Crippen molar-refractivity contribution in [3.8, 4) is 0 Å². The quantitative estimate of drug-likeness (QED) is 0.839. The minimum atomic E-state index is 0.755. The number of nitrogens with zero attached hydrogens (tertiary/aromatic N) is 1. The van der Waals surface area contributed by atoms with E-state index in [9.17, 15) is 0 Å². The van der Waals surface area contributed by atoms with Crippen LogP contribution in [-0.4, -0.2) is 25.7 Å². The van der Waals surface area contributed by atoms with Gasteiger partial charge in [0.05, 0.1) is 0 Å². The van der Waals surface area contributed by atoms with Gasteiger partial charge in [-0.3, -0.25) is 0 Å². The van der Waals surface area contributed by atoms with Gasteiger partial charge in [0.2, 0.25) is 0 Å². The van der Waals surface area contributed by atoms with Crippen LogP contribution in [0.2, 0.25) is 0 Å². The third kappa shape index (κ3) is 4.54. The lowest BCUT2D eigenvalue weighted by atomic mass is 9.87. The van der Waals surface area contributed by atoms with Crippen LogP contribution in [0.15, 0.2) is 30.3 Å². The van der Waals surface area contributed by atoms with E-state index >= 15 is 0 Å². The molecule has 2 nitrogen and oxygen atoms in total. The van der Waals surface area contributed by atoms with E-state index < -0.39 is 0 Å². The molecule has 0 radical (unpaired) electrons. The van der Waals surface area contributed by atoms with Gasteiger partial charge in [-0.15, -0.1) is 0 Å². The topological polar surface area (TPSA) is 15.3 Å². The van der Waals surface area contributed by atoms with E-state index in [0.717, 1.165) is 31.6 Å². The average Bonchev–Trinajstić information content (AvgIpc) is 2.46. The summed E-state index contributed by atoms with van der Waals surface area (Å²) in [5.74, 6) is 0.939. The lowest BCUT2D eigenvalue weighted by Crippen LogP contribution is -2.38. The van der Waals surface area contributed by atoms with Gasteiger partial charge < -0.3 is 10.2 Å². The van der Waals surface area contributed by atoms with Crippen molar-refractivity contribution in [1.29, 1.82) is 0 Å². The molecule has 0 saturated heterocycles. The van der Waals surface area contributed by atoms with Crippen LogP contribution < -0.4 is 10.2 Å². The van der Waals surface area contributed by atoms with Gasteiger partial charge in [-0.2, -0.15) is 0 Å². The van der Waals surface area contributed by atoms with Gasteiger partial charge in [0.25, 0.3) is 0 Å². The minimum Gasteiger partial charge on any atom is -0.371 e. The molecule has 2 heteroatoms. The number of para-hydroxylation sites is 1. The fraction of sp³-hybridized carbons (Fsp3) is 0.647. The van der Waals surface area contributed by atoms with Gasteiger partial charge in [0, 0.05) is 31.4 Å². The van der Waals surface area contributed by atoms with E-state index in [0.29, 0.717) is 0 Å². The fourth-order valence-corrected chi connectivity index (χ4v) is 2.98. The van der Waals surface area contributed by atoms with Crippen LogP contribution in [0.5, 0.6) is 0 Å². The van der Waals surface area contributed by atoms with Gasteiger partial charge in [-0.25, -0.2) is 0 Å². The van der Waals surface area contributed by atoms with Crippen LogP contribution in [0.25, 0.3) is 0 Å². The zero-order valence-electron chi connectivity index (χ0n) is 12.4. The first kappa shape index (κ1) is 14.4. The molecule has 19 heavy (non-hydrogen) atoms. The monoisotopic (exact) mass is 260 g/mol. The van der Waals surface area contributed by atoms with E-state index in [2.05, 4.69) is 54.4 Å². The molecule has 0 atom stereocenters. The number of likely N-dealkylation sites (N-methyl/N-ethyl adjacent to an activating group) is 1. The van der Waals surface area contributed by atoms with Crippen molar-refractivity contribution in [3.63, 3.8) is 0 Å². The maximum Gasteiger partial charge on any atom is 0.0366 e. The summed E-state index contributed by atoms with van der Waals surface area (Å²) in [5, 5.41) is 3.74. The average molecular weight is 260 g/mol. The van der Waals surface area contributed by atoms with Crippen molar-refractivity contribution in [2.24, 2.45) is 5.92 Å². The van der Waals surface area contributed by atoms with Crippen molar-refractivity contribution < 1.29 is 0 Å². The molecule has 0 amide bonds. The van der Waals surface area contributed by atoms with E-state index in [1.165, 1.54) is 31.4 Å². The molecular formula is C17H28N2. The largest absolute Gasteiger partial charge is 0.371 e. The maximum absolute atomic E-state index is 3.74. The SMILES string of the molecule is CCN(CCNC1CCC(C)CC1)c1ccccc1. The Bertz CT molecular complexity index is 342. The number of anilines is 1. The summed E-state index contributed by atoms with van der Waals surface area (Å²) in [4.78, 5) is 2.44. The molecule has 1 aliphatic carbocycles. The van der Waals surface area contributed by atoms with Crippen LogP contribution in [0.4, 0.5) is 5.69 Å². The van der Waals surface area contributed by atoms with Crippen molar-refractivity contribution in [2.45, 2.75) is 45.6 Å². The van der Waals surface area contributed by atoms with Crippen LogP contribution >= 0.6 is 0 Å². The molecule has 0 heterocycles. The molecule has 2 rings (SSSR count). The lowest BCUT2D eigenvalue weighted by Gasteiger charge is -2.29. The van der Waals surface area contributed by atoms with Crippen LogP contribution in [0.1, 0.15) is 39.5 Å². The number of nitrogens with one attached hydrogen (secondary N) is 1. The number of benzene rings is 1. The lowest BCUT2D eigenvalue weighted by molar-refractivity contribution is 0.309. The van der Waals surface area contributed by atoms with Gasteiger partial charge in [-0.05, 0) is 50.7 Å². The zero-order chi connectivity index (χ0) is 13.5. The molecule has 0 aliphatic heterocycles.